The highest BCUT2D eigenvalue weighted by Gasteiger charge is 2.49. The minimum atomic E-state index is -4.26. The number of fused-ring (bicyclic) bond motifs is 2. The van der Waals surface area contributed by atoms with E-state index < -0.39 is 22.6 Å². The van der Waals surface area contributed by atoms with Crippen LogP contribution in [0, 0.1) is 5.41 Å². The number of alkyl halides is 3. The summed E-state index contributed by atoms with van der Waals surface area (Å²) in [6.45, 7) is 4.93. The Hall–Kier alpha value is -3.21. The number of piperazine rings is 1. The smallest absolute Gasteiger partial charge is 0.382 e. The van der Waals surface area contributed by atoms with Gasteiger partial charge in [-0.3, -0.25) is 9.47 Å². The van der Waals surface area contributed by atoms with Crippen LogP contribution in [-0.2, 0) is 23.0 Å². The molecule has 0 unspecified atom stereocenters. The SMILES string of the molecule is CS(=O)(=O)N1CCN(CCn2c(=O)[nH]c3ccc(NC4CC5(CCN(c6ncnc7sc(CC(F)(F)F)cc67)C5)C4)cc32)CC1. The van der Waals surface area contributed by atoms with Crippen LogP contribution in [0.1, 0.15) is 24.1 Å². The third-order valence-corrected chi connectivity index (χ3v) is 11.8. The number of aromatic amines is 1. The van der Waals surface area contributed by atoms with Crippen molar-refractivity contribution in [3.63, 3.8) is 0 Å². The van der Waals surface area contributed by atoms with E-state index in [9.17, 15) is 26.4 Å². The second kappa shape index (κ2) is 11.2. The molecule has 0 atom stereocenters. The van der Waals surface area contributed by atoms with Gasteiger partial charge in [-0.2, -0.15) is 17.5 Å². The van der Waals surface area contributed by atoms with Crippen LogP contribution in [0.15, 0.2) is 35.4 Å². The molecule has 1 spiro atoms. The van der Waals surface area contributed by atoms with Crippen LogP contribution in [0.5, 0.6) is 0 Å². The standard InChI is InChI=1S/C29H35F3N8O3S2/c1-45(42,43)39-9-6-37(7-10-39)8-11-40-24-12-19(2-3-23(24)36-27(40)41)35-20-14-28(15-20)4-5-38(17-28)25-22-13-21(16-29(30,31)32)44-26(22)34-18-33-25/h2-3,12-13,18,20,35H,4-11,14-17H2,1H3,(H,36,41). The van der Waals surface area contributed by atoms with Crippen molar-refractivity contribution in [1.82, 2.24) is 28.7 Å². The summed E-state index contributed by atoms with van der Waals surface area (Å²) >= 11 is 1.08. The van der Waals surface area contributed by atoms with Crippen molar-refractivity contribution in [2.75, 3.05) is 62.3 Å². The van der Waals surface area contributed by atoms with Gasteiger partial charge in [-0.15, -0.1) is 11.3 Å². The lowest BCUT2D eigenvalue weighted by molar-refractivity contribution is -0.126. The van der Waals surface area contributed by atoms with E-state index in [1.807, 2.05) is 18.2 Å². The van der Waals surface area contributed by atoms with E-state index in [1.165, 1.54) is 16.9 Å². The number of hydrogen-bond donors (Lipinski definition) is 2. The maximum Gasteiger partial charge on any atom is 0.393 e. The summed E-state index contributed by atoms with van der Waals surface area (Å²) in [7, 11) is -3.19. The summed E-state index contributed by atoms with van der Waals surface area (Å²) in [5.74, 6) is 0.714. The van der Waals surface area contributed by atoms with Crippen molar-refractivity contribution < 1.29 is 21.6 Å². The summed E-state index contributed by atoms with van der Waals surface area (Å²) in [6.07, 6.45) is 0.386. The lowest BCUT2D eigenvalue weighted by Crippen LogP contribution is -2.49. The number of hydrogen-bond acceptors (Lipinski definition) is 9. The molecule has 3 fully saturated rings. The second-order valence-electron chi connectivity index (χ2n) is 12.7. The summed E-state index contributed by atoms with van der Waals surface area (Å²) in [4.78, 5) is 29.6. The third kappa shape index (κ3) is 6.29. The first-order chi connectivity index (χ1) is 21.3. The Morgan fingerprint density at radius 1 is 1.09 bits per heavy atom. The first kappa shape index (κ1) is 30.4. The molecule has 1 saturated carbocycles. The van der Waals surface area contributed by atoms with Crippen LogP contribution < -0.4 is 15.9 Å². The first-order valence-corrected chi connectivity index (χ1v) is 17.7. The molecule has 45 heavy (non-hydrogen) atoms. The fraction of sp³-hybridized carbons (Fsp3) is 0.552. The summed E-state index contributed by atoms with van der Waals surface area (Å²) in [6, 6.07) is 7.77. The summed E-state index contributed by atoms with van der Waals surface area (Å²) in [5.41, 5.74) is 2.50. The topological polar surface area (TPSA) is 119 Å². The van der Waals surface area contributed by atoms with Gasteiger partial charge in [0.2, 0.25) is 10.0 Å². The molecule has 4 aromatic rings. The van der Waals surface area contributed by atoms with E-state index in [4.69, 9.17) is 0 Å². The Balaban J connectivity index is 0.972. The normalized spacial score (nSPS) is 23.4. The minimum absolute atomic E-state index is 0.126. The van der Waals surface area contributed by atoms with Crippen LogP contribution >= 0.6 is 11.3 Å². The van der Waals surface area contributed by atoms with E-state index in [-0.39, 0.29) is 22.0 Å². The number of benzene rings is 1. The molecule has 5 heterocycles. The number of nitrogens with one attached hydrogen (secondary N) is 2. The zero-order valence-corrected chi connectivity index (χ0v) is 26.4. The van der Waals surface area contributed by atoms with Gasteiger partial charge in [-0.05, 0) is 48.9 Å². The van der Waals surface area contributed by atoms with Crippen molar-refractivity contribution in [3.8, 4) is 0 Å². The Labute approximate surface area is 262 Å². The van der Waals surface area contributed by atoms with Gasteiger partial charge in [-0.25, -0.2) is 23.2 Å². The van der Waals surface area contributed by atoms with Gasteiger partial charge in [0.15, 0.2) is 0 Å². The van der Waals surface area contributed by atoms with Crippen molar-refractivity contribution in [2.24, 2.45) is 5.41 Å². The van der Waals surface area contributed by atoms with Crippen molar-refractivity contribution in [2.45, 2.75) is 44.4 Å². The van der Waals surface area contributed by atoms with Crippen LogP contribution in [-0.4, -0.2) is 101 Å². The average Bonchev–Trinajstić information content (AvgIpc) is 3.65. The quantitative estimate of drug-likeness (QED) is 0.294. The van der Waals surface area contributed by atoms with Gasteiger partial charge >= 0.3 is 11.9 Å². The number of rotatable bonds is 8. The Morgan fingerprint density at radius 3 is 2.60 bits per heavy atom. The van der Waals surface area contributed by atoms with E-state index in [0.717, 1.165) is 60.4 Å². The van der Waals surface area contributed by atoms with E-state index in [1.54, 1.807) is 10.6 Å². The average molecular weight is 665 g/mol. The predicted octanol–water partition coefficient (Wildman–Crippen LogP) is 3.49. The van der Waals surface area contributed by atoms with Crippen LogP contribution in [0.25, 0.3) is 21.3 Å². The van der Waals surface area contributed by atoms with Gasteiger partial charge in [-0.1, -0.05) is 0 Å². The lowest BCUT2D eigenvalue weighted by Gasteiger charge is -2.46. The number of halogens is 3. The number of imidazole rings is 1. The molecule has 0 radical (unpaired) electrons. The molecule has 0 bridgehead atoms. The first-order valence-electron chi connectivity index (χ1n) is 15.1. The zero-order valence-electron chi connectivity index (χ0n) is 24.8. The van der Waals surface area contributed by atoms with Gasteiger partial charge in [0, 0.05) is 69.0 Å². The molecule has 3 aliphatic rings. The Kier molecular flexibility index (Phi) is 7.61. The molecule has 2 saturated heterocycles. The van der Waals surface area contributed by atoms with Gasteiger partial charge in [0.25, 0.3) is 0 Å². The van der Waals surface area contributed by atoms with E-state index in [2.05, 4.69) is 30.1 Å². The zero-order chi connectivity index (χ0) is 31.6. The van der Waals surface area contributed by atoms with Crippen LogP contribution in [0.3, 0.4) is 0 Å². The van der Waals surface area contributed by atoms with Crippen LogP contribution in [0.2, 0.25) is 0 Å². The van der Waals surface area contributed by atoms with Gasteiger partial charge in [0.05, 0.1) is 29.1 Å². The molecule has 11 nitrogen and oxygen atoms in total. The maximum atomic E-state index is 13.0. The van der Waals surface area contributed by atoms with Crippen molar-refractivity contribution in [3.05, 3.63) is 46.0 Å². The molecular weight excluding hydrogens is 630 g/mol. The summed E-state index contributed by atoms with van der Waals surface area (Å²) in [5, 5.41) is 4.33. The molecule has 7 rings (SSSR count). The molecule has 2 N–H and O–H groups in total. The lowest BCUT2D eigenvalue weighted by atomic mass is 9.65. The third-order valence-electron chi connectivity index (χ3n) is 9.42. The minimum Gasteiger partial charge on any atom is -0.382 e. The number of nitrogens with zero attached hydrogens (tertiary/aromatic N) is 6. The molecule has 1 aromatic carbocycles. The highest BCUT2D eigenvalue weighted by molar-refractivity contribution is 7.88. The molecule has 3 aromatic heterocycles. The van der Waals surface area contributed by atoms with Crippen LogP contribution in [0.4, 0.5) is 24.7 Å². The molecule has 242 valence electrons. The highest BCUT2D eigenvalue weighted by atomic mass is 32.2. The molecular formula is C29H35F3N8O3S2. The monoisotopic (exact) mass is 664 g/mol. The van der Waals surface area contributed by atoms with Crippen molar-refractivity contribution in [1.29, 1.82) is 0 Å². The predicted molar refractivity (Wildman–Crippen MR) is 168 cm³/mol. The molecule has 16 heteroatoms. The number of anilines is 2. The largest absolute Gasteiger partial charge is 0.393 e. The molecule has 0 amide bonds. The Bertz CT molecular complexity index is 1890. The van der Waals surface area contributed by atoms with E-state index >= 15 is 0 Å². The summed E-state index contributed by atoms with van der Waals surface area (Å²) < 4.78 is 65.8. The van der Waals surface area contributed by atoms with Gasteiger partial charge in [0.1, 0.15) is 17.0 Å². The number of thiophene rings is 1. The molecule has 2 aliphatic heterocycles. The fourth-order valence-electron chi connectivity index (χ4n) is 7.19. The highest BCUT2D eigenvalue weighted by Crippen LogP contribution is 2.50. The fourth-order valence-corrected chi connectivity index (χ4v) is 9.04. The number of H-pyrrole nitrogens is 1. The number of sulfonamides is 1. The molecule has 1 aliphatic carbocycles. The van der Waals surface area contributed by atoms with Crippen molar-refractivity contribution >= 4 is 54.1 Å². The number of aromatic nitrogens is 4. The second-order valence-corrected chi connectivity index (χ2v) is 15.8. The van der Waals surface area contributed by atoms with E-state index in [0.29, 0.717) is 55.3 Å². The maximum absolute atomic E-state index is 13.0. The van der Waals surface area contributed by atoms with Gasteiger partial charge < -0.3 is 15.2 Å². The Morgan fingerprint density at radius 2 is 1.87 bits per heavy atom.